The van der Waals surface area contributed by atoms with Crippen LogP contribution in [0.4, 0.5) is 23.2 Å². The number of benzene rings is 2. The molecule has 5 aliphatic heterocycles. The van der Waals surface area contributed by atoms with E-state index in [2.05, 4.69) is 47.0 Å². The summed E-state index contributed by atoms with van der Waals surface area (Å²) in [5.41, 5.74) is -0.220. The summed E-state index contributed by atoms with van der Waals surface area (Å²) < 4.78 is 58.2. The molecular weight excluding hydrogens is 890 g/mol. The van der Waals surface area contributed by atoms with Gasteiger partial charge in [-0.05, 0) is 105 Å². The number of anilines is 1. The quantitative estimate of drug-likeness (QED) is 0.141. The van der Waals surface area contributed by atoms with Gasteiger partial charge in [-0.15, -0.1) is 0 Å². The summed E-state index contributed by atoms with van der Waals surface area (Å²) in [4.78, 5) is 74.8. The van der Waals surface area contributed by atoms with Gasteiger partial charge < -0.3 is 25.8 Å². The molecule has 0 radical (unpaired) electrons. The van der Waals surface area contributed by atoms with Crippen molar-refractivity contribution in [1.82, 2.24) is 30.7 Å². The molecule has 1 unspecified atom stereocenters. The lowest BCUT2D eigenvalue weighted by Gasteiger charge is -2.54. The number of amides is 5. The molecule has 4 N–H and O–H groups in total. The molecule has 2 bridgehead atoms. The van der Waals surface area contributed by atoms with Crippen LogP contribution in [-0.4, -0.2) is 87.6 Å². The fraction of sp³-hybridized carbons (Fsp3) is 0.560. The lowest BCUT2D eigenvalue weighted by Crippen LogP contribution is -2.62. The highest BCUT2D eigenvalue weighted by molar-refractivity contribution is 6.30. The van der Waals surface area contributed by atoms with Crippen molar-refractivity contribution < 1.29 is 41.5 Å². The van der Waals surface area contributed by atoms with E-state index in [1.807, 2.05) is 23.1 Å². The van der Waals surface area contributed by atoms with E-state index in [1.54, 1.807) is 17.0 Å². The third-order valence-corrected chi connectivity index (χ3v) is 16.7. The minimum absolute atomic E-state index is 0.0656. The number of hydrogen-bond donors (Lipinski definition) is 4. The Kier molecular flexibility index (Phi) is 11.1. The molecule has 67 heavy (non-hydrogen) atoms. The molecule has 3 saturated heterocycles. The molecule has 11 rings (SSSR count). The lowest BCUT2D eigenvalue weighted by molar-refractivity contribution is -0.152. The highest BCUT2D eigenvalue weighted by Crippen LogP contribution is 2.58. The third kappa shape index (κ3) is 7.77. The maximum atomic E-state index is 16.4. The van der Waals surface area contributed by atoms with Crippen molar-refractivity contribution in [1.29, 1.82) is 0 Å². The number of aromatic nitrogens is 1. The second kappa shape index (κ2) is 16.3. The number of nitrogens with zero attached hydrogens (tertiary/aromatic N) is 3. The first kappa shape index (κ1) is 45.7. The monoisotopic (exact) mass is 945 g/mol. The van der Waals surface area contributed by atoms with Gasteiger partial charge in [0.15, 0.2) is 0 Å². The zero-order valence-electron chi connectivity index (χ0n) is 37.9. The predicted octanol–water partition coefficient (Wildman–Crippen LogP) is 7.49. The topological polar surface area (TPSA) is 153 Å². The fourth-order valence-corrected chi connectivity index (χ4v) is 13.2. The van der Waals surface area contributed by atoms with Crippen LogP contribution in [-0.2, 0) is 37.3 Å². The Labute approximate surface area is 391 Å². The van der Waals surface area contributed by atoms with Crippen molar-refractivity contribution in [2.24, 2.45) is 10.8 Å². The van der Waals surface area contributed by atoms with Crippen molar-refractivity contribution >= 4 is 46.8 Å². The summed E-state index contributed by atoms with van der Waals surface area (Å²) >= 11 is 6.42. The van der Waals surface area contributed by atoms with E-state index in [9.17, 15) is 32.3 Å². The minimum atomic E-state index is -4.68. The number of fused-ring (bicyclic) bond motifs is 6. The van der Waals surface area contributed by atoms with Gasteiger partial charge in [-0.2, -0.15) is 13.2 Å². The van der Waals surface area contributed by atoms with Gasteiger partial charge in [0.05, 0.1) is 11.1 Å². The number of rotatable bonds is 7. The summed E-state index contributed by atoms with van der Waals surface area (Å²) in [6.45, 7) is 7.77. The number of alkyl halides is 3. The van der Waals surface area contributed by atoms with Crippen LogP contribution in [0.25, 0.3) is 0 Å². The van der Waals surface area contributed by atoms with Gasteiger partial charge in [0.2, 0.25) is 23.6 Å². The molecule has 356 valence electrons. The number of nitrogens with one attached hydrogen (secondary N) is 4. The molecule has 6 heterocycles. The van der Waals surface area contributed by atoms with E-state index < -0.39 is 64.0 Å². The first-order valence-corrected chi connectivity index (χ1v) is 24.0. The van der Waals surface area contributed by atoms with Gasteiger partial charge in [0.1, 0.15) is 17.6 Å². The summed E-state index contributed by atoms with van der Waals surface area (Å²) in [5, 5.41) is 12.5. The number of likely N-dealkylation sites (tertiary alicyclic amines) is 1. The molecule has 1 spiro atoms. The van der Waals surface area contributed by atoms with Crippen LogP contribution >= 0.6 is 11.6 Å². The number of hydrogen-bond acceptors (Lipinski definition) is 8. The number of carbonyl (C=O) groups excluding carboxylic acids is 5. The highest BCUT2D eigenvalue weighted by atomic mass is 35.5. The average molecular weight is 946 g/mol. The van der Waals surface area contributed by atoms with Crippen molar-refractivity contribution in [2.75, 3.05) is 25.0 Å². The number of piperidine rings is 2. The number of carbonyl (C=O) groups is 5. The second-order valence-corrected chi connectivity index (χ2v) is 22.0. The summed E-state index contributed by atoms with van der Waals surface area (Å²) in [5.74, 6) is -2.70. The molecule has 3 aromatic rings. The molecule has 3 aliphatic carbocycles. The van der Waals surface area contributed by atoms with Crippen molar-refractivity contribution in [3.8, 4) is 0 Å². The Morgan fingerprint density at radius 3 is 2.43 bits per heavy atom. The van der Waals surface area contributed by atoms with Gasteiger partial charge in [0.25, 0.3) is 5.91 Å². The van der Waals surface area contributed by atoms with E-state index in [1.165, 1.54) is 12.3 Å². The molecule has 5 amide bonds. The van der Waals surface area contributed by atoms with E-state index in [4.69, 9.17) is 11.6 Å². The van der Waals surface area contributed by atoms with Gasteiger partial charge >= 0.3 is 6.18 Å². The van der Waals surface area contributed by atoms with Crippen LogP contribution < -0.4 is 21.3 Å². The summed E-state index contributed by atoms with van der Waals surface area (Å²) in [7, 11) is 0. The first-order valence-electron chi connectivity index (χ1n) is 23.6. The molecule has 6 atom stereocenters. The maximum Gasteiger partial charge on any atom is 0.433 e. The van der Waals surface area contributed by atoms with Crippen LogP contribution in [0, 0.1) is 16.6 Å². The molecule has 1 aromatic heterocycles. The molecule has 3 saturated carbocycles. The van der Waals surface area contributed by atoms with Crippen LogP contribution in [0.3, 0.4) is 0 Å². The molecule has 8 aliphatic rings. The van der Waals surface area contributed by atoms with Crippen LogP contribution in [0.1, 0.15) is 142 Å². The Morgan fingerprint density at radius 2 is 1.73 bits per heavy atom. The smallest absolute Gasteiger partial charge is 0.384 e. The normalized spacial score (nSPS) is 31.5. The van der Waals surface area contributed by atoms with E-state index >= 15 is 9.18 Å². The van der Waals surface area contributed by atoms with E-state index in [-0.39, 0.29) is 70.7 Å². The van der Waals surface area contributed by atoms with Crippen molar-refractivity contribution in [2.45, 2.75) is 145 Å². The number of halogens is 5. The molecule has 2 aromatic carbocycles. The van der Waals surface area contributed by atoms with Gasteiger partial charge in [-0.25, -0.2) is 4.39 Å². The summed E-state index contributed by atoms with van der Waals surface area (Å²) in [6.07, 6.45) is 2.78. The molecule has 6 fully saturated rings. The Morgan fingerprint density at radius 1 is 0.985 bits per heavy atom. The van der Waals surface area contributed by atoms with Gasteiger partial charge in [-0.3, -0.25) is 34.3 Å². The molecule has 17 heteroatoms. The standard InChI is InChI=1S/C50H56ClF4N7O5/c1-46(2,3)22-37-49(26-57-34-21-36(50(53,54)55)56-23-32(34)49)39(31-7-4-8-33(51)40(31)52)41(58-37)43(65)60-48-16-13-47(14-17-48,15-18-48)45(67)61-19-5-6-28(24-61)27-9-10-30-29(20-27)25-62(44(30)66)35-11-12-38(63)59-42(35)64/h4,7-10,20-21,23,28,35,37,39,41,57-58H,5-6,11-19,22,24-26H2,1-3H3,(H,60,65)(H,59,63,64)/t28-,35?,37+,39+,41-,47?,48?,49+/m1/s1. The lowest BCUT2D eigenvalue weighted by atomic mass is 9.56. The van der Waals surface area contributed by atoms with E-state index in [0.717, 1.165) is 30.0 Å². The maximum absolute atomic E-state index is 16.4. The van der Waals surface area contributed by atoms with Gasteiger partial charge in [0, 0.05) is 89.9 Å². The van der Waals surface area contributed by atoms with Crippen LogP contribution in [0.5, 0.6) is 0 Å². The predicted molar refractivity (Wildman–Crippen MR) is 240 cm³/mol. The third-order valence-electron chi connectivity index (χ3n) is 16.4. The number of pyridine rings is 1. The largest absolute Gasteiger partial charge is 0.433 e. The first-order chi connectivity index (χ1) is 31.7. The molecular formula is C50H56ClF4N7O5. The Balaban J connectivity index is 0.858. The van der Waals surface area contributed by atoms with Crippen molar-refractivity contribution in [3.63, 3.8) is 0 Å². The number of imide groups is 1. The second-order valence-electron chi connectivity index (χ2n) is 21.5. The van der Waals surface area contributed by atoms with Crippen LogP contribution in [0.2, 0.25) is 5.02 Å². The Bertz CT molecular complexity index is 2560. The SMILES string of the molecule is CC(C)(C)C[C@@H]1N[C@@H](C(=O)NC23CCC(C(=O)N4CCC[C@@H](c5ccc6c(c5)CN(C5CCC(=O)NC5=O)C6=O)C4)(CC2)CC3)[C@H](c2cccc(Cl)c2F)[C@]12CNc1cc(C(F)(F)F)ncc12. The van der Waals surface area contributed by atoms with E-state index in [0.29, 0.717) is 75.6 Å². The minimum Gasteiger partial charge on any atom is -0.384 e. The highest BCUT2D eigenvalue weighted by Gasteiger charge is 2.63. The fourth-order valence-electron chi connectivity index (χ4n) is 13.0. The summed E-state index contributed by atoms with van der Waals surface area (Å²) in [6, 6.07) is 9.33. The zero-order valence-corrected chi connectivity index (χ0v) is 38.6. The van der Waals surface area contributed by atoms with Crippen LogP contribution in [0.15, 0.2) is 48.7 Å². The molecule has 12 nitrogen and oxygen atoms in total. The Hall–Kier alpha value is -5.09. The van der Waals surface area contributed by atoms with Crippen molar-refractivity contribution in [3.05, 3.63) is 93.0 Å². The zero-order chi connectivity index (χ0) is 47.4. The van der Waals surface area contributed by atoms with Gasteiger partial charge in [-0.1, -0.05) is 56.6 Å². The average Bonchev–Trinajstić information content (AvgIpc) is 3.94.